The minimum absolute atomic E-state index is 0.0879. The van der Waals surface area contributed by atoms with Crippen LogP contribution in [-0.2, 0) is 14.3 Å². The summed E-state index contributed by atoms with van der Waals surface area (Å²) in [5, 5.41) is 0. The number of carbonyl (C=O) groups is 1. The van der Waals surface area contributed by atoms with Gasteiger partial charge >= 0.3 is 0 Å². The molecule has 2 heterocycles. The highest BCUT2D eigenvalue weighted by Gasteiger charge is 2.39. The number of ether oxygens (including phenoxy) is 2. The average Bonchev–Trinajstić information content (AvgIpc) is 2.86. The van der Waals surface area contributed by atoms with E-state index in [1.807, 2.05) is 32.6 Å². The average molecular weight is 243 g/mol. The van der Waals surface area contributed by atoms with Gasteiger partial charge in [-0.3, -0.25) is 4.79 Å². The monoisotopic (exact) mass is 243 g/mol. The van der Waals surface area contributed by atoms with E-state index in [2.05, 4.69) is 6.92 Å². The maximum Gasteiger partial charge on any atom is 0.254 e. The van der Waals surface area contributed by atoms with Gasteiger partial charge in [-0.2, -0.15) is 0 Å². The van der Waals surface area contributed by atoms with Gasteiger partial charge < -0.3 is 14.4 Å². The number of amides is 1. The van der Waals surface area contributed by atoms with E-state index in [-0.39, 0.29) is 5.91 Å². The molecule has 100 valence electrons. The van der Waals surface area contributed by atoms with E-state index in [9.17, 15) is 4.79 Å². The van der Waals surface area contributed by atoms with Crippen molar-refractivity contribution in [3.05, 3.63) is 0 Å². The molecule has 2 fully saturated rings. The van der Waals surface area contributed by atoms with Crippen LogP contribution >= 0.6 is 0 Å². The van der Waals surface area contributed by atoms with Gasteiger partial charge in [0.25, 0.3) is 5.91 Å². The third kappa shape index (κ3) is 3.68. The fourth-order valence-corrected chi connectivity index (χ4v) is 2.15. The number of hydrogen-bond acceptors (Lipinski definition) is 3. The Morgan fingerprint density at radius 2 is 2.00 bits per heavy atom. The molecule has 2 saturated heterocycles. The van der Waals surface area contributed by atoms with Crippen LogP contribution < -0.4 is 0 Å². The molecule has 2 atom stereocenters. The molecule has 2 aliphatic heterocycles. The number of rotatable bonds is 1. The normalized spacial score (nSPS) is 31.0. The predicted molar refractivity (Wildman–Crippen MR) is 66.6 cm³/mol. The molecular formula is C13H25NO3. The number of carbonyl (C=O) groups excluding carboxylic acids is 1. The molecule has 0 aromatic heterocycles. The highest BCUT2D eigenvalue weighted by atomic mass is 16.7. The Kier molecular flexibility index (Phi) is 4.95. The quantitative estimate of drug-likeness (QED) is 0.707. The fraction of sp³-hybridized carbons (Fsp3) is 0.923. The lowest BCUT2D eigenvalue weighted by molar-refractivity contribution is -0.159. The largest absolute Gasteiger partial charge is 0.347 e. The predicted octanol–water partition coefficient (Wildman–Crippen LogP) is 2.03. The van der Waals surface area contributed by atoms with Gasteiger partial charge in [0.1, 0.15) is 0 Å². The smallest absolute Gasteiger partial charge is 0.254 e. The summed E-state index contributed by atoms with van der Waals surface area (Å²) < 4.78 is 10.9. The second-order valence-corrected chi connectivity index (χ2v) is 5.00. The van der Waals surface area contributed by atoms with Crippen LogP contribution in [0.15, 0.2) is 0 Å². The summed E-state index contributed by atoms with van der Waals surface area (Å²) in [4.78, 5) is 13.9. The van der Waals surface area contributed by atoms with E-state index in [1.54, 1.807) is 0 Å². The van der Waals surface area contributed by atoms with E-state index >= 15 is 0 Å². The molecule has 0 aromatic carbocycles. The Balaban J connectivity index is 0.000000686. The molecular weight excluding hydrogens is 218 g/mol. The van der Waals surface area contributed by atoms with Crippen LogP contribution in [0.4, 0.5) is 0 Å². The van der Waals surface area contributed by atoms with Gasteiger partial charge in [0.15, 0.2) is 11.9 Å². The van der Waals surface area contributed by atoms with Crippen LogP contribution in [-0.4, -0.2) is 42.4 Å². The van der Waals surface area contributed by atoms with Gasteiger partial charge in [0, 0.05) is 13.1 Å². The van der Waals surface area contributed by atoms with Crippen LogP contribution in [0.3, 0.4) is 0 Å². The third-order valence-electron chi connectivity index (χ3n) is 3.02. The van der Waals surface area contributed by atoms with Gasteiger partial charge in [0.2, 0.25) is 0 Å². The van der Waals surface area contributed by atoms with Crippen LogP contribution in [0.2, 0.25) is 0 Å². The summed E-state index contributed by atoms with van der Waals surface area (Å²) in [7, 11) is 0. The molecule has 17 heavy (non-hydrogen) atoms. The lowest BCUT2D eigenvalue weighted by Crippen LogP contribution is -2.39. The second kappa shape index (κ2) is 5.83. The van der Waals surface area contributed by atoms with Crippen molar-refractivity contribution in [1.82, 2.24) is 4.90 Å². The molecule has 0 bridgehead atoms. The van der Waals surface area contributed by atoms with E-state index in [0.717, 1.165) is 19.5 Å². The van der Waals surface area contributed by atoms with Gasteiger partial charge in [-0.1, -0.05) is 20.8 Å². The summed E-state index contributed by atoms with van der Waals surface area (Å²) in [6, 6.07) is 0. The Labute approximate surface area is 104 Å². The lowest BCUT2D eigenvalue weighted by atomic mass is 10.2. The summed E-state index contributed by atoms with van der Waals surface area (Å²) in [6.45, 7) is 12.0. The zero-order chi connectivity index (χ0) is 13.1. The van der Waals surface area contributed by atoms with Crippen molar-refractivity contribution in [3.63, 3.8) is 0 Å². The van der Waals surface area contributed by atoms with Crippen molar-refractivity contribution in [3.8, 4) is 0 Å². The minimum Gasteiger partial charge on any atom is -0.347 e. The SMILES string of the molecule is CC.CC1CCN(C(=O)C2COC(C)(C)O2)C1. The molecule has 0 N–H and O–H groups in total. The van der Waals surface area contributed by atoms with E-state index in [1.165, 1.54) is 0 Å². The van der Waals surface area contributed by atoms with E-state index < -0.39 is 11.9 Å². The van der Waals surface area contributed by atoms with Crippen molar-refractivity contribution < 1.29 is 14.3 Å². The van der Waals surface area contributed by atoms with Crippen LogP contribution in [0, 0.1) is 5.92 Å². The van der Waals surface area contributed by atoms with E-state index in [0.29, 0.717) is 12.5 Å². The molecule has 0 aliphatic carbocycles. The number of likely N-dealkylation sites (tertiary alicyclic amines) is 1. The second-order valence-electron chi connectivity index (χ2n) is 5.00. The standard InChI is InChI=1S/C11H19NO3.C2H6/c1-8-4-5-12(6-8)10(13)9-7-14-11(2,3)15-9;1-2/h8-9H,4-7H2,1-3H3;1-2H3. The van der Waals surface area contributed by atoms with Crippen molar-refractivity contribution in [2.45, 2.75) is 52.9 Å². The Hall–Kier alpha value is -0.610. The summed E-state index contributed by atoms with van der Waals surface area (Å²) in [5.74, 6) is 0.0975. The van der Waals surface area contributed by atoms with Gasteiger partial charge in [0.05, 0.1) is 6.61 Å². The third-order valence-corrected chi connectivity index (χ3v) is 3.02. The van der Waals surface area contributed by atoms with Crippen molar-refractivity contribution in [2.24, 2.45) is 5.92 Å². The van der Waals surface area contributed by atoms with Crippen molar-refractivity contribution in [1.29, 1.82) is 0 Å². The zero-order valence-electron chi connectivity index (χ0n) is 11.7. The molecule has 0 saturated carbocycles. The first kappa shape index (κ1) is 14.5. The molecule has 2 aliphatic rings. The Morgan fingerprint density at radius 3 is 2.41 bits per heavy atom. The van der Waals surface area contributed by atoms with Crippen LogP contribution in [0.25, 0.3) is 0 Å². The molecule has 4 nitrogen and oxygen atoms in total. The van der Waals surface area contributed by atoms with Gasteiger partial charge in [-0.15, -0.1) is 0 Å². The molecule has 0 spiro atoms. The zero-order valence-corrected chi connectivity index (χ0v) is 11.7. The van der Waals surface area contributed by atoms with E-state index in [4.69, 9.17) is 9.47 Å². The van der Waals surface area contributed by atoms with Gasteiger partial charge in [-0.05, 0) is 26.2 Å². The maximum absolute atomic E-state index is 12.0. The van der Waals surface area contributed by atoms with Crippen LogP contribution in [0.1, 0.15) is 41.0 Å². The van der Waals surface area contributed by atoms with Crippen molar-refractivity contribution in [2.75, 3.05) is 19.7 Å². The summed E-state index contributed by atoms with van der Waals surface area (Å²) in [6.07, 6.45) is 0.702. The molecule has 1 amide bonds. The first-order chi connectivity index (χ1) is 7.98. The summed E-state index contributed by atoms with van der Waals surface area (Å²) in [5.41, 5.74) is 0. The number of hydrogen-bond donors (Lipinski definition) is 0. The van der Waals surface area contributed by atoms with Gasteiger partial charge in [-0.25, -0.2) is 0 Å². The van der Waals surface area contributed by atoms with Crippen LogP contribution in [0.5, 0.6) is 0 Å². The first-order valence-electron chi connectivity index (χ1n) is 6.58. The molecule has 0 radical (unpaired) electrons. The highest BCUT2D eigenvalue weighted by molar-refractivity contribution is 5.81. The molecule has 4 heteroatoms. The number of nitrogens with zero attached hydrogens (tertiary/aromatic N) is 1. The molecule has 2 unspecified atom stereocenters. The fourth-order valence-electron chi connectivity index (χ4n) is 2.15. The molecule has 0 aromatic rings. The maximum atomic E-state index is 12.0. The summed E-state index contributed by atoms with van der Waals surface area (Å²) >= 11 is 0. The first-order valence-corrected chi connectivity index (χ1v) is 6.58. The topological polar surface area (TPSA) is 38.8 Å². The lowest BCUT2D eigenvalue weighted by Gasteiger charge is -2.21. The Bertz CT molecular complexity index is 265. The minimum atomic E-state index is -0.605. The highest BCUT2D eigenvalue weighted by Crippen LogP contribution is 2.25. The van der Waals surface area contributed by atoms with Crippen molar-refractivity contribution >= 4 is 5.91 Å². The molecule has 2 rings (SSSR count). The Morgan fingerprint density at radius 1 is 1.35 bits per heavy atom.